The maximum absolute atomic E-state index is 9.58. The van der Waals surface area contributed by atoms with Crippen molar-refractivity contribution in [1.82, 2.24) is 14.7 Å². The molecule has 0 saturated carbocycles. The second kappa shape index (κ2) is 5.88. The van der Waals surface area contributed by atoms with Crippen LogP contribution in [0.2, 0.25) is 5.02 Å². The van der Waals surface area contributed by atoms with Crippen molar-refractivity contribution < 1.29 is 0 Å². The molecule has 1 aliphatic rings. The Morgan fingerprint density at radius 1 is 1.55 bits per heavy atom. The molecule has 2 aromatic rings. The van der Waals surface area contributed by atoms with Gasteiger partial charge in [-0.15, -0.1) is 23.2 Å². The summed E-state index contributed by atoms with van der Waals surface area (Å²) in [7, 11) is 2.08. The van der Waals surface area contributed by atoms with Crippen LogP contribution in [0.3, 0.4) is 0 Å². The van der Waals surface area contributed by atoms with E-state index in [2.05, 4.69) is 31.0 Å². The Hall–Kier alpha value is -2.83. The maximum Gasteiger partial charge on any atom is 0.103 e. The molecule has 0 spiro atoms. The van der Waals surface area contributed by atoms with Crippen LogP contribution in [0.25, 0.3) is 11.3 Å². The molecular formula is C16H16ClFmN4-. The van der Waals surface area contributed by atoms with E-state index in [9.17, 15) is 5.26 Å². The van der Waals surface area contributed by atoms with Gasteiger partial charge in [-0.3, -0.25) is 9.58 Å². The Kier molecular flexibility index (Phi) is 4.16. The number of fused-ring (bicyclic) bond motifs is 1. The summed E-state index contributed by atoms with van der Waals surface area (Å²) in [5.74, 6) is 0. The maximum atomic E-state index is 9.58. The van der Waals surface area contributed by atoms with Crippen LogP contribution in [0.4, 0.5) is 0 Å². The predicted octanol–water partition coefficient (Wildman–Crippen LogP) is 3.27. The van der Waals surface area contributed by atoms with Gasteiger partial charge in [-0.2, -0.15) is 28.6 Å². The summed E-state index contributed by atoms with van der Waals surface area (Å²) in [6.07, 6.45) is 0.993. The normalized spacial score (nSPS) is 17.5. The molecular weight excluding hydrogens is 541 g/mol. The molecule has 3 rings (SSSR count). The summed E-state index contributed by atoms with van der Waals surface area (Å²) in [4.78, 5) is 2.24. The molecule has 120 valence electrons. The van der Waals surface area contributed by atoms with Gasteiger partial charge in [0.25, 0.3) is 0 Å². The molecule has 0 bridgehead atoms. The smallest absolute Gasteiger partial charge is 0.103 e. The van der Waals surface area contributed by atoms with Crippen molar-refractivity contribution >= 4 is 11.6 Å². The molecule has 1 atom stereocenters. The molecule has 2 heterocycles. The minimum absolute atomic E-state index is 0. The molecule has 0 saturated heterocycles. The number of hydrogen-bond acceptors (Lipinski definition) is 3. The summed E-state index contributed by atoms with van der Waals surface area (Å²) in [5, 5.41) is 14.8. The first-order valence-corrected chi connectivity index (χ1v) is 7.39. The summed E-state index contributed by atoms with van der Waals surface area (Å²) in [6.45, 7) is 3.85. The van der Waals surface area contributed by atoms with E-state index in [1.54, 1.807) is 12.1 Å². The Bertz CT molecular complexity index is 719. The predicted molar refractivity (Wildman–Crippen MR) is 81.9 cm³/mol. The minimum Gasteiger partial charge on any atom is -0.298 e. The molecule has 6 heteroatoms. The second-order valence-electron chi connectivity index (χ2n) is 5.41. The van der Waals surface area contributed by atoms with Crippen LogP contribution in [0.15, 0.2) is 18.2 Å². The Morgan fingerprint density at radius 2 is 2.32 bits per heavy atom. The molecule has 4 nitrogen and oxygen atoms in total. The zero-order chi connectivity index (χ0) is 15.0. The van der Waals surface area contributed by atoms with E-state index < -0.39 is 0 Å². The van der Waals surface area contributed by atoms with Crippen LogP contribution in [0, 0.1) is 17.4 Å². The van der Waals surface area contributed by atoms with Crippen LogP contribution in [0.1, 0.15) is 30.6 Å². The second-order valence-corrected chi connectivity index (χ2v) is 5.82. The zero-order valence-electron chi connectivity index (χ0n) is 12.4. The topological polar surface area (TPSA) is 44.9 Å². The third kappa shape index (κ3) is 2.41. The van der Waals surface area contributed by atoms with E-state index in [1.807, 2.05) is 10.7 Å². The van der Waals surface area contributed by atoms with Crippen molar-refractivity contribution in [3.8, 4) is 17.3 Å². The molecule has 0 N–H and O–H groups in total. The first-order chi connectivity index (χ1) is 10.1. The van der Waals surface area contributed by atoms with Crippen molar-refractivity contribution in [2.75, 3.05) is 13.6 Å². The van der Waals surface area contributed by atoms with Crippen molar-refractivity contribution in [1.29, 1.82) is 5.26 Å². The van der Waals surface area contributed by atoms with Crippen LogP contribution < -0.4 is 0 Å². The number of likely N-dealkylation sites (N-methyl/N-ethyl adjacent to an activating group) is 1. The molecule has 1 aromatic carbocycles. The summed E-state index contributed by atoms with van der Waals surface area (Å²) >= 11 is 6.01. The van der Waals surface area contributed by atoms with Crippen LogP contribution in [-0.2, 0) is 6.54 Å². The third-order valence-corrected chi connectivity index (χ3v) is 4.14. The summed E-state index contributed by atoms with van der Waals surface area (Å²) < 4.78 is 2.03. The summed E-state index contributed by atoms with van der Waals surface area (Å²) in [6, 6.07) is 11.0. The molecule has 0 radical (unpaired) electrons. The van der Waals surface area contributed by atoms with E-state index in [-0.39, 0.29) is 0 Å². The van der Waals surface area contributed by atoms with E-state index in [4.69, 9.17) is 16.7 Å². The fourth-order valence-corrected chi connectivity index (χ4v) is 3.07. The van der Waals surface area contributed by atoms with Gasteiger partial charge in [0, 0.05) is 13.1 Å². The fraction of sp³-hybridized carbons (Fsp3) is 0.375. The average Bonchev–Trinajstić information content (AvgIpc) is 2.84. The first-order valence-electron chi connectivity index (χ1n) is 7.01. The minimum atomic E-state index is 0. The van der Waals surface area contributed by atoms with E-state index >= 15 is 0 Å². The molecule has 0 aliphatic carbocycles. The van der Waals surface area contributed by atoms with Gasteiger partial charge in [-0.1, -0.05) is 11.9 Å². The number of nitriles is 1. The van der Waals surface area contributed by atoms with Gasteiger partial charge in [0.15, 0.2) is 0 Å². The van der Waals surface area contributed by atoms with Gasteiger partial charge in [0.05, 0.1) is 17.4 Å². The first kappa shape index (κ1) is 15.6. The fourth-order valence-electron chi connectivity index (χ4n) is 2.89. The van der Waals surface area contributed by atoms with Crippen molar-refractivity contribution in [3.63, 3.8) is 0 Å². The molecule has 0 fully saturated rings. The Balaban J connectivity index is 0.00000176. The van der Waals surface area contributed by atoms with Gasteiger partial charge < -0.3 is 0 Å². The van der Waals surface area contributed by atoms with Gasteiger partial charge >= 0.3 is 0 Å². The van der Waals surface area contributed by atoms with Crippen LogP contribution in [0.5, 0.6) is 0 Å². The Labute approximate surface area is 129 Å². The number of rotatable bonds is 2. The number of aromatic nitrogens is 2. The molecule has 1 unspecified atom stereocenters. The summed E-state index contributed by atoms with van der Waals surface area (Å²) in [5.41, 5.74) is 3.24. The van der Waals surface area contributed by atoms with Crippen LogP contribution in [-0.4, -0.2) is 28.3 Å². The van der Waals surface area contributed by atoms with Crippen molar-refractivity contribution in [2.24, 2.45) is 0 Å². The monoisotopic (exact) mass is 556 g/mol. The van der Waals surface area contributed by atoms with Gasteiger partial charge in [-0.05, 0) is 13.5 Å². The van der Waals surface area contributed by atoms with Crippen LogP contribution >= 0.6 is 11.6 Å². The third-order valence-electron chi connectivity index (χ3n) is 3.92. The van der Waals surface area contributed by atoms with Gasteiger partial charge in [-0.25, -0.2) is 0 Å². The molecule has 1 aromatic heterocycles. The van der Waals surface area contributed by atoms with E-state index in [0.29, 0.717) is 16.6 Å². The van der Waals surface area contributed by atoms with Gasteiger partial charge in [0.2, 0.25) is 0 Å². The Morgan fingerprint density at radius 3 is 2.95 bits per heavy atom. The van der Waals surface area contributed by atoms with Gasteiger partial charge in [0.1, 0.15) is 11.6 Å². The quantitative estimate of drug-likeness (QED) is 0.534. The molecule has 1 aliphatic heterocycles. The largest absolute Gasteiger partial charge is 0.298 e. The number of nitrogens with zero attached hydrogens (tertiary/aromatic N) is 4. The molecule has 0 amide bonds. The van der Waals surface area contributed by atoms with Crippen molar-refractivity contribution in [2.45, 2.75) is 25.9 Å². The zero-order valence-corrected chi connectivity index (χ0v) is 15.5. The van der Waals surface area contributed by atoms with Crippen molar-refractivity contribution in [3.05, 3.63) is 40.5 Å². The molecule has 22 heavy (non-hydrogen) atoms. The number of hydrogen-bond donors (Lipinski definition) is 0. The standard InChI is InChI=1S/C16H16ClN4.Fm/c1-3-13-9-20(2)10-15-14(8-18)16(19-21(13)15)11-5-4-6-12(17)7-11;/h4-5,7,13H,3,9-10H2,1-2H3;/q-1;. The number of halogens is 1. The van der Waals surface area contributed by atoms with E-state index in [1.165, 1.54) is 0 Å². The number of benzene rings is 1. The average molecular weight is 557 g/mol. The van der Waals surface area contributed by atoms with E-state index in [0.717, 1.165) is 36.5 Å². The SMILES string of the molecule is CCC1CN(C)Cc2c(C#N)c(-c3cc[c-]c(Cl)c3)nn21.[Fm].